The Morgan fingerprint density at radius 2 is 1.64 bits per heavy atom. The van der Waals surface area contributed by atoms with E-state index in [9.17, 15) is 10.1 Å². The molecule has 1 amide bonds. The van der Waals surface area contributed by atoms with Crippen LogP contribution in [0.3, 0.4) is 0 Å². The van der Waals surface area contributed by atoms with Gasteiger partial charge < -0.3 is 10.6 Å². The van der Waals surface area contributed by atoms with Crippen molar-refractivity contribution in [2.45, 2.75) is 34.2 Å². The van der Waals surface area contributed by atoms with Crippen LogP contribution in [0.4, 0.5) is 5.69 Å². The third-order valence-electron chi connectivity index (χ3n) is 3.95. The van der Waals surface area contributed by atoms with E-state index in [-0.39, 0.29) is 5.57 Å². The number of hydrogen-bond donors (Lipinski definition) is 2. The van der Waals surface area contributed by atoms with Gasteiger partial charge in [-0.15, -0.1) is 0 Å². The van der Waals surface area contributed by atoms with Crippen LogP contribution < -0.4 is 10.6 Å². The van der Waals surface area contributed by atoms with E-state index in [1.54, 1.807) is 0 Å². The largest absolute Gasteiger partial charge is 0.386 e. The summed E-state index contributed by atoms with van der Waals surface area (Å²) in [6, 6.07) is 14.1. The van der Waals surface area contributed by atoms with Gasteiger partial charge >= 0.3 is 0 Å². The predicted octanol–water partition coefficient (Wildman–Crippen LogP) is 4.06. The highest BCUT2D eigenvalue weighted by Gasteiger charge is 2.12. The smallest absolute Gasteiger partial charge is 0.267 e. The molecule has 2 aromatic rings. The second-order valence-electron chi connectivity index (χ2n) is 6.26. The Hall–Kier alpha value is -3.06. The maximum Gasteiger partial charge on any atom is 0.267 e. The fourth-order valence-corrected chi connectivity index (χ4v) is 2.68. The van der Waals surface area contributed by atoms with Crippen molar-refractivity contribution in [1.82, 2.24) is 5.32 Å². The molecule has 2 aromatic carbocycles. The normalized spacial score (nSPS) is 10.9. The highest BCUT2D eigenvalue weighted by molar-refractivity contribution is 6.07. The predicted molar refractivity (Wildman–Crippen MR) is 101 cm³/mol. The Bertz CT molecular complexity index is 819. The molecule has 0 aliphatic carbocycles. The number of hydrogen-bond acceptors (Lipinski definition) is 3. The zero-order valence-corrected chi connectivity index (χ0v) is 15.1. The van der Waals surface area contributed by atoms with E-state index in [4.69, 9.17) is 0 Å². The molecule has 0 aromatic heterocycles. The molecule has 4 nitrogen and oxygen atoms in total. The summed E-state index contributed by atoms with van der Waals surface area (Å²) in [6.45, 7) is 8.49. The van der Waals surface area contributed by atoms with Gasteiger partial charge in [-0.1, -0.05) is 47.5 Å². The molecule has 0 saturated heterocycles. The van der Waals surface area contributed by atoms with Crippen LogP contribution in [-0.2, 0) is 11.3 Å². The first-order valence-electron chi connectivity index (χ1n) is 8.19. The number of carbonyl (C=O) groups excluding carboxylic acids is 1. The van der Waals surface area contributed by atoms with E-state index in [0.29, 0.717) is 6.54 Å². The molecule has 0 bridgehead atoms. The third kappa shape index (κ3) is 4.95. The molecule has 0 saturated carbocycles. The van der Waals surface area contributed by atoms with Gasteiger partial charge in [-0.25, -0.2) is 0 Å². The Morgan fingerprint density at radius 1 is 1.04 bits per heavy atom. The summed E-state index contributed by atoms with van der Waals surface area (Å²) in [6.07, 6.45) is 1.47. The number of nitriles is 1. The molecule has 0 heterocycles. The molecule has 0 unspecified atom stereocenters. The van der Waals surface area contributed by atoms with Crippen LogP contribution in [0.2, 0.25) is 0 Å². The number of amides is 1. The molecule has 2 rings (SSSR count). The van der Waals surface area contributed by atoms with E-state index in [1.165, 1.54) is 11.8 Å². The number of nitrogens with zero attached hydrogens (tertiary/aromatic N) is 1. The number of benzene rings is 2. The molecule has 2 N–H and O–H groups in total. The fourth-order valence-electron chi connectivity index (χ4n) is 2.68. The third-order valence-corrected chi connectivity index (χ3v) is 3.95. The average Bonchev–Trinajstić information content (AvgIpc) is 2.56. The van der Waals surface area contributed by atoms with Gasteiger partial charge in [0.15, 0.2) is 0 Å². The number of anilines is 1. The summed E-state index contributed by atoms with van der Waals surface area (Å²) < 4.78 is 0. The van der Waals surface area contributed by atoms with Crippen molar-refractivity contribution in [2.75, 3.05) is 5.32 Å². The van der Waals surface area contributed by atoms with Crippen molar-refractivity contribution in [1.29, 1.82) is 5.26 Å². The standard InChI is InChI=1S/C21H23N3O/c1-14-5-7-18(8-6-14)12-23-13-19(11-22)21(25)24-20-16(3)9-15(2)10-17(20)4/h5-10,13,23H,12H2,1-4H3,(H,24,25)/b19-13-. The van der Waals surface area contributed by atoms with Gasteiger partial charge in [0.05, 0.1) is 0 Å². The van der Waals surface area contributed by atoms with Gasteiger partial charge in [-0.2, -0.15) is 5.26 Å². The topological polar surface area (TPSA) is 64.9 Å². The lowest BCUT2D eigenvalue weighted by atomic mass is 10.0. The summed E-state index contributed by atoms with van der Waals surface area (Å²) in [5, 5.41) is 15.1. The second-order valence-corrected chi connectivity index (χ2v) is 6.26. The number of nitrogens with one attached hydrogen (secondary N) is 2. The van der Waals surface area contributed by atoms with E-state index in [2.05, 4.69) is 10.6 Å². The lowest BCUT2D eigenvalue weighted by Gasteiger charge is -2.12. The summed E-state index contributed by atoms with van der Waals surface area (Å²) in [7, 11) is 0. The Balaban J connectivity index is 2.06. The molecule has 4 heteroatoms. The minimum absolute atomic E-state index is 0.0477. The average molecular weight is 333 g/mol. The van der Waals surface area contributed by atoms with Gasteiger partial charge in [0.2, 0.25) is 0 Å². The number of carbonyl (C=O) groups is 1. The maximum absolute atomic E-state index is 12.4. The van der Waals surface area contributed by atoms with Crippen molar-refractivity contribution < 1.29 is 4.79 Å². The fraction of sp³-hybridized carbons (Fsp3) is 0.238. The Kier molecular flexibility index (Phi) is 5.97. The highest BCUT2D eigenvalue weighted by atomic mass is 16.1. The minimum atomic E-state index is -0.408. The molecule has 0 spiro atoms. The van der Waals surface area contributed by atoms with Crippen LogP contribution in [0.25, 0.3) is 0 Å². The first-order chi connectivity index (χ1) is 11.9. The van der Waals surface area contributed by atoms with E-state index in [1.807, 2.05) is 70.2 Å². The summed E-state index contributed by atoms with van der Waals surface area (Å²) >= 11 is 0. The second kappa shape index (κ2) is 8.16. The maximum atomic E-state index is 12.4. The molecule has 128 valence electrons. The van der Waals surface area contributed by atoms with Gasteiger partial charge in [-0.3, -0.25) is 4.79 Å². The van der Waals surface area contributed by atoms with Crippen molar-refractivity contribution in [3.63, 3.8) is 0 Å². The molecular formula is C21H23N3O. The number of rotatable bonds is 5. The summed E-state index contributed by atoms with van der Waals surface area (Å²) in [5.41, 5.74) is 6.20. The van der Waals surface area contributed by atoms with Crippen molar-refractivity contribution in [2.24, 2.45) is 0 Å². The van der Waals surface area contributed by atoms with Crippen molar-refractivity contribution in [3.8, 4) is 6.07 Å². The van der Waals surface area contributed by atoms with Crippen LogP contribution in [-0.4, -0.2) is 5.91 Å². The number of aryl methyl sites for hydroxylation is 4. The molecule has 25 heavy (non-hydrogen) atoms. The van der Waals surface area contributed by atoms with Crippen LogP contribution in [0.15, 0.2) is 48.2 Å². The van der Waals surface area contributed by atoms with Crippen LogP contribution in [0.1, 0.15) is 27.8 Å². The minimum Gasteiger partial charge on any atom is -0.386 e. The monoisotopic (exact) mass is 333 g/mol. The van der Waals surface area contributed by atoms with E-state index in [0.717, 1.165) is 27.9 Å². The van der Waals surface area contributed by atoms with E-state index >= 15 is 0 Å². The summed E-state index contributed by atoms with van der Waals surface area (Å²) in [4.78, 5) is 12.4. The molecule has 0 fully saturated rings. The quantitative estimate of drug-likeness (QED) is 0.641. The van der Waals surface area contributed by atoms with Crippen molar-refractivity contribution >= 4 is 11.6 Å². The highest BCUT2D eigenvalue weighted by Crippen LogP contribution is 2.22. The Labute approximate surface area is 149 Å². The SMILES string of the molecule is Cc1ccc(CN/C=C(/C#N)C(=O)Nc2c(C)cc(C)cc2C)cc1. The van der Waals surface area contributed by atoms with Crippen LogP contribution in [0, 0.1) is 39.0 Å². The zero-order valence-electron chi connectivity index (χ0n) is 15.1. The first-order valence-corrected chi connectivity index (χ1v) is 8.19. The zero-order chi connectivity index (χ0) is 18.4. The molecule has 0 radical (unpaired) electrons. The van der Waals surface area contributed by atoms with Gasteiger partial charge in [-0.05, 0) is 44.4 Å². The lowest BCUT2D eigenvalue weighted by Crippen LogP contribution is -2.18. The van der Waals surface area contributed by atoms with Gasteiger partial charge in [0.25, 0.3) is 5.91 Å². The van der Waals surface area contributed by atoms with Crippen LogP contribution in [0.5, 0.6) is 0 Å². The van der Waals surface area contributed by atoms with E-state index < -0.39 is 5.91 Å². The molecular weight excluding hydrogens is 310 g/mol. The molecule has 0 aliphatic heterocycles. The molecule has 0 aliphatic rings. The summed E-state index contributed by atoms with van der Waals surface area (Å²) in [5.74, 6) is -0.408. The van der Waals surface area contributed by atoms with Gasteiger partial charge in [0.1, 0.15) is 11.6 Å². The van der Waals surface area contributed by atoms with Crippen LogP contribution >= 0.6 is 0 Å². The van der Waals surface area contributed by atoms with Crippen molar-refractivity contribution in [3.05, 3.63) is 76.0 Å². The Morgan fingerprint density at radius 3 is 2.20 bits per heavy atom. The molecule has 0 atom stereocenters. The lowest BCUT2D eigenvalue weighted by molar-refractivity contribution is -0.112. The first kappa shape index (κ1) is 18.3. The van der Waals surface area contributed by atoms with Gasteiger partial charge in [0, 0.05) is 18.4 Å².